The van der Waals surface area contributed by atoms with Gasteiger partial charge < -0.3 is 24.2 Å². The fourth-order valence-corrected chi connectivity index (χ4v) is 10.2. The highest BCUT2D eigenvalue weighted by Crippen LogP contribution is 2.65. The zero-order valence-electron chi connectivity index (χ0n) is 24.9. The van der Waals surface area contributed by atoms with Crippen molar-refractivity contribution in [2.24, 2.45) is 35.0 Å². The van der Waals surface area contributed by atoms with E-state index in [1.807, 2.05) is 0 Å². The number of amides is 1. The zero-order chi connectivity index (χ0) is 27.5. The topological polar surface area (TPSA) is 68.2 Å². The van der Waals surface area contributed by atoms with Crippen LogP contribution in [0.1, 0.15) is 85.5 Å². The van der Waals surface area contributed by atoms with Crippen LogP contribution in [0.5, 0.6) is 0 Å². The minimum absolute atomic E-state index is 0.114. The number of piperidine rings is 1. The zero-order valence-corrected chi connectivity index (χ0v) is 24.9. The van der Waals surface area contributed by atoms with Crippen molar-refractivity contribution in [3.8, 4) is 0 Å². The Balaban J connectivity index is 1.23. The fourth-order valence-electron chi connectivity index (χ4n) is 10.2. The van der Waals surface area contributed by atoms with E-state index >= 15 is 0 Å². The van der Waals surface area contributed by atoms with Crippen LogP contribution in [-0.4, -0.2) is 73.2 Å². The summed E-state index contributed by atoms with van der Waals surface area (Å²) in [6.45, 7) is 11.9. The summed E-state index contributed by atoms with van der Waals surface area (Å²) >= 11 is 0. The minimum atomic E-state index is -0.244. The lowest BCUT2D eigenvalue weighted by atomic mass is 9.56. The Labute approximate surface area is 235 Å². The van der Waals surface area contributed by atoms with Gasteiger partial charge in [0.25, 0.3) is 0 Å². The van der Waals surface area contributed by atoms with Crippen LogP contribution in [0.15, 0.2) is 22.8 Å². The number of allylic oxidation sites excluding steroid dienone is 2. The van der Waals surface area contributed by atoms with E-state index in [2.05, 4.69) is 38.7 Å². The number of hydrogen-bond donors (Lipinski definition) is 1. The number of aliphatic hydroxyl groups is 1. The second kappa shape index (κ2) is 10.6. The molecule has 0 aromatic heterocycles. The summed E-state index contributed by atoms with van der Waals surface area (Å²) in [4.78, 5) is 15.7. The second-order valence-electron chi connectivity index (χ2n) is 14.1. The maximum Gasteiger partial charge on any atom is 0.225 e. The predicted octanol–water partition coefficient (Wildman–Crippen LogP) is 5.29. The van der Waals surface area contributed by atoms with Gasteiger partial charge in [-0.25, -0.2) is 0 Å². The number of aliphatic hydroxyl groups excluding tert-OH is 1. The van der Waals surface area contributed by atoms with Gasteiger partial charge >= 0.3 is 0 Å². The maximum absolute atomic E-state index is 13.5. The summed E-state index contributed by atoms with van der Waals surface area (Å²) in [5.74, 6) is 3.02. The van der Waals surface area contributed by atoms with Gasteiger partial charge in [-0.3, -0.25) is 4.79 Å². The predicted molar refractivity (Wildman–Crippen MR) is 151 cm³/mol. The molecule has 6 aliphatic rings. The van der Waals surface area contributed by atoms with Crippen LogP contribution < -0.4 is 0 Å². The Morgan fingerprint density at radius 3 is 2.79 bits per heavy atom. The monoisotopic (exact) mass is 541 g/mol. The highest BCUT2D eigenvalue weighted by Gasteiger charge is 2.62. The highest BCUT2D eigenvalue weighted by atomic mass is 16.5. The van der Waals surface area contributed by atoms with Gasteiger partial charge in [-0.15, -0.1) is 0 Å². The van der Waals surface area contributed by atoms with Crippen molar-refractivity contribution in [3.63, 3.8) is 0 Å². The molecule has 10 atom stereocenters. The third-order valence-corrected chi connectivity index (χ3v) is 12.2. The quantitative estimate of drug-likeness (QED) is 0.365. The SMILES string of the molecule is COCCOCCC(=O)N1C[C@@H](C)C[C@H]2O[C@]3(CC[C@@H]4C(=C3C)C[C@H]3[C@H]4CC=C4C[C@@H](O)CC[C@@]43C)[C@H](C)[C@@H]21. The number of ether oxygens (including phenoxy) is 3. The summed E-state index contributed by atoms with van der Waals surface area (Å²) in [5, 5.41) is 10.4. The van der Waals surface area contributed by atoms with Crippen LogP contribution in [0, 0.1) is 35.0 Å². The lowest BCUT2D eigenvalue weighted by Gasteiger charge is -2.49. The minimum Gasteiger partial charge on any atom is -0.393 e. The van der Waals surface area contributed by atoms with Gasteiger partial charge in [-0.05, 0) is 93.0 Å². The molecule has 0 bridgehead atoms. The number of carbonyl (C=O) groups is 1. The van der Waals surface area contributed by atoms with E-state index in [9.17, 15) is 9.90 Å². The van der Waals surface area contributed by atoms with Crippen LogP contribution in [0.4, 0.5) is 0 Å². The molecular formula is C33H51NO5. The van der Waals surface area contributed by atoms with Crippen molar-refractivity contribution in [2.45, 2.75) is 109 Å². The summed E-state index contributed by atoms with van der Waals surface area (Å²) in [5.41, 5.74) is 4.70. The van der Waals surface area contributed by atoms with Gasteiger partial charge in [0, 0.05) is 19.6 Å². The number of fused-ring (bicyclic) bond motifs is 6. The fraction of sp³-hybridized carbons (Fsp3) is 0.848. The standard InChI is InChI=1S/C33H51NO5/c1-20-16-29-31(34(19-20)30(36)10-13-38-15-14-37-5)22(3)33(39-29)12-9-25-26-7-6-23-17-24(35)8-11-32(23,4)28(26)18-27(25)21(33)2/h6,20,22,24-26,28-29,31,35H,7-19H2,1-5H3/t20-,22+,24-,25-,26-,28-,29+,31-,32-,33-/m0/s1. The molecule has 1 spiro atoms. The lowest BCUT2D eigenvalue weighted by molar-refractivity contribution is -0.141. The molecule has 0 unspecified atom stereocenters. The normalized spacial score (nSPS) is 45.1. The molecule has 2 heterocycles. The van der Waals surface area contributed by atoms with Crippen molar-refractivity contribution < 1.29 is 24.1 Å². The largest absolute Gasteiger partial charge is 0.393 e. The van der Waals surface area contributed by atoms with Crippen molar-refractivity contribution in [1.29, 1.82) is 0 Å². The molecule has 6 rings (SSSR count). The molecule has 0 aromatic rings. The Morgan fingerprint density at radius 2 is 2.00 bits per heavy atom. The van der Waals surface area contributed by atoms with Crippen LogP contribution in [0.3, 0.4) is 0 Å². The Hall–Kier alpha value is -1.21. The number of hydrogen-bond acceptors (Lipinski definition) is 5. The van der Waals surface area contributed by atoms with E-state index in [0.29, 0.717) is 49.9 Å². The molecule has 6 nitrogen and oxygen atoms in total. The molecule has 6 heteroatoms. The first kappa shape index (κ1) is 27.9. The van der Waals surface area contributed by atoms with E-state index in [4.69, 9.17) is 14.2 Å². The molecule has 2 aliphatic heterocycles. The number of carbonyl (C=O) groups excluding carboxylic acids is 1. The molecule has 0 radical (unpaired) electrons. The molecule has 218 valence electrons. The molecule has 1 N–H and O–H groups in total. The molecule has 2 saturated heterocycles. The first-order valence-electron chi connectivity index (χ1n) is 15.8. The molecule has 39 heavy (non-hydrogen) atoms. The smallest absolute Gasteiger partial charge is 0.225 e. The van der Waals surface area contributed by atoms with Crippen LogP contribution in [0.25, 0.3) is 0 Å². The molecule has 2 saturated carbocycles. The molecule has 1 amide bonds. The van der Waals surface area contributed by atoms with E-state index in [0.717, 1.165) is 44.6 Å². The highest BCUT2D eigenvalue weighted by molar-refractivity contribution is 5.77. The molecule has 0 aromatic carbocycles. The van der Waals surface area contributed by atoms with Crippen molar-refractivity contribution in [2.75, 3.05) is 33.5 Å². The summed E-state index contributed by atoms with van der Waals surface area (Å²) in [6, 6.07) is 0.147. The summed E-state index contributed by atoms with van der Waals surface area (Å²) in [6.07, 6.45) is 11.5. The molecular weight excluding hydrogens is 490 g/mol. The average Bonchev–Trinajstić information content (AvgIpc) is 3.43. The Morgan fingerprint density at radius 1 is 1.18 bits per heavy atom. The van der Waals surface area contributed by atoms with Gasteiger partial charge in [0.05, 0.1) is 50.1 Å². The Bertz CT molecular complexity index is 1020. The van der Waals surface area contributed by atoms with Gasteiger partial charge in [0.15, 0.2) is 0 Å². The summed E-state index contributed by atoms with van der Waals surface area (Å²) < 4.78 is 17.9. The van der Waals surface area contributed by atoms with Crippen LogP contribution >= 0.6 is 0 Å². The second-order valence-corrected chi connectivity index (χ2v) is 14.1. The van der Waals surface area contributed by atoms with E-state index in [1.165, 1.54) is 30.4 Å². The first-order chi connectivity index (χ1) is 18.7. The van der Waals surface area contributed by atoms with Crippen LogP contribution in [-0.2, 0) is 19.0 Å². The van der Waals surface area contributed by atoms with Gasteiger partial charge in [-0.1, -0.05) is 38.0 Å². The third-order valence-electron chi connectivity index (χ3n) is 12.2. The number of methoxy groups -OCH3 is 1. The Kier molecular flexibility index (Phi) is 7.57. The van der Waals surface area contributed by atoms with Crippen LogP contribution in [0.2, 0.25) is 0 Å². The van der Waals surface area contributed by atoms with Crippen molar-refractivity contribution >= 4 is 5.91 Å². The number of likely N-dealkylation sites (tertiary alicyclic amines) is 1. The molecule has 4 aliphatic carbocycles. The first-order valence-corrected chi connectivity index (χ1v) is 15.8. The third kappa shape index (κ3) is 4.47. The van der Waals surface area contributed by atoms with E-state index in [1.54, 1.807) is 12.7 Å². The van der Waals surface area contributed by atoms with Gasteiger partial charge in [-0.2, -0.15) is 0 Å². The maximum atomic E-state index is 13.5. The van der Waals surface area contributed by atoms with Gasteiger partial charge in [0.2, 0.25) is 5.91 Å². The van der Waals surface area contributed by atoms with Crippen molar-refractivity contribution in [3.05, 3.63) is 22.8 Å². The van der Waals surface area contributed by atoms with E-state index < -0.39 is 0 Å². The number of nitrogens with zero attached hydrogens (tertiary/aromatic N) is 1. The molecule has 4 fully saturated rings. The van der Waals surface area contributed by atoms with Gasteiger partial charge in [0.1, 0.15) is 0 Å². The van der Waals surface area contributed by atoms with E-state index in [-0.39, 0.29) is 35.2 Å². The lowest BCUT2D eigenvalue weighted by Crippen LogP contribution is -2.54. The van der Waals surface area contributed by atoms with Crippen molar-refractivity contribution in [1.82, 2.24) is 4.90 Å². The number of rotatable bonds is 6. The summed E-state index contributed by atoms with van der Waals surface area (Å²) in [7, 11) is 1.67. The average molecular weight is 542 g/mol.